The monoisotopic (exact) mass is 479 g/mol. The molecule has 1 heterocycles. The predicted molar refractivity (Wildman–Crippen MR) is 125 cm³/mol. The maximum Gasteiger partial charge on any atom is 0.320 e. The van der Waals surface area contributed by atoms with Gasteiger partial charge >= 0.3 is 5.97 Å². The SMILES string of the molecule is O=C(O)C1CCCCN1C(c1ccc(Br)cc1)c1ccc(OCc2ccccc2)cc1. The molecule has 1 fully saturated rings. The smallest absolute Gasteiger partial charge is 0.320 e. The molecule has 4 nitrogen and oxygen atoms in total. The molecule has 0 saturated carbocycles. The second-order valence-corrected chi connectivity index (χ2v) is 8.80. The van der Waals surface area contributed by atoms with Crippen LogP contribution in [0.3, 0.4) is 0 Å². The number of nitrogens with zero attached hydrogens (tertiary/aromatic N) is 1. The van der Waals surface area contributed by atoms with Crippen molar-refractivity contribution in [3.05, 3.63) is 100 Å². The molecule has 0 bridgehead atoms. The Labute approximate surface area is 191 Å². The second kappa shape index (κ2) is 10.1. The number of piperidine rings is 1. The van der Waals surface area contributed by atoms with Crippen molar-refractivity contribution < 1.29 is 14.6 Å². The average molecular weight is 480 g/mol. The van der Waals surface area contributed by atoms with E-state index in [0.717, 1.165) is 46.3 Å². The highest BCUT2D eigenvalue weighted by molar-refractivity contribution is 9.10. The van der Waals surface area contributed by atoms with Gasteiger partial charge in [-0.3, -0.25) is 9.69 Å². The summed E-state index contributed by atoms with van der Waals surface area (Å²) in [4.78, 5) is 14.1. The maximum atomic E-state index is 12.0. The predicted octanol–water partition coefficient (Wildman–Crippen LogP) is 6.06. The molecule has 0 amide bonds. The van der Waals surface area contributed by atoms with E-state index in [4.69, 9.17) is 4.74 Å². The van der Waals surface area contributed by atoms with E-state index in [1.807, 2.05) is 54.6 Å². The zero-order valence-corrected chi connectivity index (χ0v) is 18.9. The van der Waals surface area contributed by atoms with Crippen LogP contribution in [0.2, 0.25) is 0 Å². The zero-order valence-electron chi connectivity index (χ0n) is 17.3. The first-order valence-electron chi connectivity index (χ1n) is 10.6. The fourth-order valence-corrected chi connectivity index (χ4v) is 4.50. The van der Waals surface area contributed by atoms with Crippen molar-refractivity contribution in [2.45, 2.75) is 38.0 Å². The molecule has 1 aliphatic heterocycles. The van der Waals surface area contributed by atoms with Gasteiger partial charge < -0.3 is 9.84 Å². The molecule has 3 aromatic rings. The van der Waals surface area contributed by atoms with Crippen molar-refractivity contribution in [1.29, 1.82) is 0 Å². The van der Waals surface area contributed by atoms with Gasteiger partial charge in [0.15, 0.2) is 0 Å². The summed E-state index contributed by atoms with van der Waals surface area (Å²) < 4.78 is 6.95. The highest BCUT2D eigenvalue weighted by Crippen LogP contribution is 2.35. The summed E-state index contributed by atoms with van der Waals surface area (Å²) in [5.41, 5.74) is 3.29. The topological polar surface area (TPSA) is 49.8 Å². The molecule has 1 saturated heterocycles. The second-order valence-electron chi connectivity index (χ2n) is 7.89. The van der Waals surface area contributed by atoms with Crippen LogP contribution in [0.15, 0.2) is 83.3 Å². The highest BCUT2D eigenvalue weighted by Gasteiger charge is 2.35. The molecular weight excluding hydrogens is 454 g/mol. The van der Waals surface area contributed by atoms with Crippen LogP contribution in [0.4, 0.5) is 0 Å². The Morgan fingerprint density at radius 3 is 2.26 bits per heavy atom. The first-order valence-corrected chi connectivity index (χ1v) is 11.4. The van der Waals surface area contributed by atoms with Gasteiger partial charge in [-0.15, -0.1) is 0 Å². The maximum absolute atomic E-state index is 12.0. The number of carboxylic acids is 1. The van der Waals surface area contributed by atoms with E-state index in [1.165, 1.54) is 0 Å². The van der Waals surface area contributed by atoms with E-state index in [0.29, 0.717) is 13.0 Å². The van der Waals surface area contributed by atoms with E-state index in [-0.39, 0.29) is 6.04 Å². The van der Waals surface area contributed by atoms with Crippen LogP contribution < -0.4 is 4.74 Å². The number of rotatable bonds is 7. The third kappa shape index (κ3) is 5.35. The fraction of sp³-hybridized carbons (Fsp3) is 0.269. The van der Waals surface area contributed by atoms with Gasteiger partial charge in [-0.2, -0.15) is 0 Å². The fourth-order valence-electron chi connectivity index (χ4n) is 4.24. The summed E-state index contributed by atoms with van der Waals surface area (Å²) in [6, 6.07) is 25.7. The molecule has 5 heteroatoms. The number of benzene rings is 3. The molecule has 3 aromatic carbocycles. The normalized spacial score (nSPS) is 17.8. The minimum absolute atomic E-state index is 0.113. The van der Waals surface area contributed by atoms with Crippen molar-refractivity contribution in [3.63, 3.8) is 0 Å². The Hall–Kier alpha value is -2.63. The third-order valence-electron chi connectivity index (χ3n) is 5.79. The zero-order chi connectivity index (χ0) is 21.6. The summed E-state index contributed by atoms with van der Waals surface area (Å²) in [6.45, 7) is 1.29. The molecule has 0 radical (unpaired) electrons. The molecule has 160 valence electrons. The highest BCUT2D eigenvalue weighted by atomic mass is 79.9. The molecule has 2 unspecified atom stereocenters. The van der Waals surface area contributed by atoms with E-state index in [1.54, 1.807) is 0 Å². The van der Waals surface area contributed by atoms with E-state index in [9.17, 15) is 9.90 Å². The van der Waals surface area contributed by atoms with Gasteiger partial charge in [0.25, 0.3) is 0 Å². The summed E-state index contributed by atoms with van der Waals surface area (Å²) >= 11 is 3.50. The van der Waals surface area contributed by atoms with Gasteiger partial charge in [-0.1, -0.05) is 76.9 Å². The molecule has 0 aliphatic carbocycles. The Morgan fingerprint density at radius 1 is 0.968 bits per heavy atom. The summed E-state index contributed by atoms with van der Waals surface area (Å²) in [7, 11) is 0. The van der Waals surface area contributed by atoms with Gasteiger partial charge in [0.2, 0.25) is 0 Å². The first-order chi connectivity index (χ1) is 15.1. The lowest BCUT2D eigenvalue weighted by molar-refractivity contribution is -0.145. The molecule has 2 atom stereocenters. The van der Waals surface area contributed by atoms with Crippen molar-refractivity contribution in [1.82, 2.24) is 4.90 Å². The minimum Gasteiger partial charge on any atom is -0.489 e. The van der Waals surface area contributed by atoms with Gasteiger partial charge in [0.1, 0.15) is 18.4 Å². The van der Waals surface area contributed by atoms with Crippen LogP contribution >= 0.6 is 15.9 Å². The molecule has 1 N–H and O–H groups in total. The Kier molecular flexibility index (Phi) is 7.05. The standard InChI is InChI=1S/C26H26BrNO3/c27-22-13-9-20(10-14-22)25(28-17-5-4-8-24(28)26(29)30)21-11-15-23(16-12-21)31-18-19-6-2-1-3-7-19/h1-3,6-7,9-16,24-25H,4-5,8,17-18H2,(H,29,30). The number of likely N-dealkylation sites (tertiary alicyclic amines) is 1. The molecular formula is C26H26BrNO3. The van der Waals surface area contributed by atoms with Crippen molar-refractivity contribution in [3.8, 4) is 5.75 Å². The van der Waals surface area contributed by atoms with E-state index in [2.05, 4.69) is 45.1 Å². The van der Waals surface area contributed by atoms with Crippen molar-refractivity contribution >= 4 is 21.9 Å². The van der Waals surface area contributed by atoms with Gasteiger partial charge in [-0.05, 0) is 60.3 Å². The summed E-state index contributed by atoms with van der Waals surface area (Å²) in [5, 5.41) is 9.85. The lowest BCUT2D eigenvalue weighted by atomic mass is 9.91. The number of carbonyl (C=O) groups is 1. The van der Waals surface area contributed by atoms with Gasteiger partial charge in [0.05, 0.1) is 6.04 Å². The summed E-state index contributed by atoms with van der Waals surface area (Å²) in [5.74, 6) is 0.0558. The minimum atomic E-state index is -0.746. The quantitative estimate of drug-likeness (QED) is 0.447. The number of carboxylic acid groups (broad SMARTS) is 1. The van der Waals surface area contributed by atoms with E-state index >= 15 is 0 Å². The summed E-state index contributed by atoms with van der Waals surface area (Å²) in [6.07, 6.45) is 2.64. The van der Waals surface area contributed by atoms with Crippen molar-refractivity contribution in [2.75, 3.05) is 6.54 Å². The molecule has 31 heavy (non-hydrogen) atoms. The van der Waals surface area contributed by atoms with Crippen molar-refractivity contribution in [2.24, 2.45) is 0 Å². The Morgan fingerprint density at radius 2 is 1.61 bits per heavy atom. The number of hydrogen-bond acceptors (Lipinski definition) is 3. The van der Waals surface area contributed by atoms with Gasteiger partial charge in [-0.25, -0.2) is 0 Å². The lowest BCUT2D eigenvalue weighted by Crippen LogP contribution is -2.46. The number of halogens is 1. The third-order valence-corrected chi connectivity index (χ3v) is 6.32. The molecule has 4 rings (SSSR count). The van der Waals surface area contributed by atoms with Crippen LogP contribution in [-0.2, 0) is 11.4 Å². The average Bonchev–Trinajstić information content (AvgIpc) is 2.81. The van der Waals surface area contributed by atoms with Crippen LogP contribution in [0.1, 0.15) is 42.0 Å². The van der Waals surface area contributed by atoms with E-state index < -0.39 is 12.0 Å². The molecule has 0 aromatic heterocycles. The number of ether oxygens (including phenoxy) is 1. The Bertz CT molecular complexity index is 989. The first kappa shape index (κ1) is 21.6. The van der Waals surface area contributed by atoms with Crippen LogP contribution in [0.5, 0.6) is 5.75 Å². The van der Waals surface area contributed by atoms with Crippen LogP contribution in [0.25, 0.3) is 0 Å². The van der Waals surface area contributed by atoms with Crippen LogP contribution in [-0.4, -0.2) is 28.6 Å². The number of aliphatic carboxylic acids is 1. The van der Waals surface area contributed by atoms with Gasteiger partial charge in [0, 0.05) is 4.47 Å². The lowest BCUT2D eigenvalue weighted by Gasteiger charge is -2.39. The molecule has 1 aliphatic rings. The Balaban J connectivity index is 1.60. The van der Waals surface area contributed by atoms with Crippen LogP contribution in [0, 0.1) is 0 Å². The number of hydrogen-bond donors (Lipinski definition) is 1. The molecule has 0 spiro atoms. The largest absolute Gasteiger partial charge is 0.489 e.